The Morgan fingerprint density at radius 2 is 2.06 bits per heavy atom. The molecule has 4 nitrogen and oxygen atoms in total. The summed E-state index contributed by atoms with van der Waals surface area (Å²) in [4.78, 5) is 4.05. The number of anilines is 1. The van der Waals surface area contributed by atoms with E-state index in [9.17, 15) is 0 Å². The summed E-state index contributed by atoms with van der Waals surface area (Å²) in [6.07, 6.45) is 0. The molecule has 0 aliphatic heterocycles. The van der Waals surface area contributed by atoms with Crippen molar-refractivity contribution < 1.29 is 0 Å². The van der Waals surface area contributed by atoms with Crippen LogP contribution in [0.25, 0.3) is 0 Å². The van der Waals surface area contributed by atoms with Crippen LogP contribution in [0.5, 0.6) is 0 Å². The number of hydrogen-bond acceptors (Lipinski definition) is 2. The Balaban J connectivity index is 0. The minimum atomic E-state index is 0. The normalized spacial score (nSPS) is 12.1. The molecule has 1 atom stereocenters. The van der Waals surface area contributed by atoms with E-state index < -0.39 is 0 Å². The van der Waals surface area contributed by atoms with E-state index >= 15 is 0 Å². The third-order valence-electron chi connectivity index (χ3n) is 2.01. The molecule has 0 heterocycles. The van der Waals surface area contributed by atoms with Crippen LogP contribution >= 0.6 is 24.8 Å². The zero-order valence-corrected chi connectivity index (χ0v) is 11.6. The number of nitrogens with two attached hydrogens (primary N) is 2. The van der Waals surface area contributed by atoms with Crippen molar-refractivity contribution in [1.29, 1.82) is 0 Å². The van der Waals surface area contributed by atoms with Crippen molar-refractivity contribution in [3.05, 3.63) is 29.8 Å². The van der Waals surface area contributed by atoms with Crippen molar-refractivity contribution in [2.75, 3.05) is 11.9 Å². The lowest BCUT2D eigenvalue weighted by Gasteiger charge is -2.09. The maximum Gasteiger partial charge on any atom is 0.193 e. The van der Waals surface area contributed by atoms with Gasteiger partial charge in [-0.15, -0.1) is 24.8 Å². The van der Waals surface area contributed by atoms with Gasteiger partial charge in [0.1, 0.15) is 0 Å². The summed E-state index contributed by atoms with van der Waals surface area (Å²) in [6, 6.07) is 7.87. The van der Waals surface area contributed by atoms with Gasteiger partial charge in [0.15, 0.2) is 5.96 Å². The van der Waals surface area contributed by atoms with Crippen molar-refractivity contribution in [3.8, 4) is 0 Å². The molecule has 1 unspecified atom stereocenters. The molecule has 0 aromatic heterocycles. The van der Waals surface area contributed by atoms with Gasteiger partial charge in [-0.05, 0) is 31.5 Å². The van der Waals surface area contributed by atoms with Crippen LogP contribution in [0.3, 0.4) is 0 Å². The number of hydrogen-bond donors (Lipinski definition) is 3. The highest BCUT2D eigenvalue weighted by Crippen LogP contribution is 2.15. The fourth-order valence-electron chi connectivity index (χ4n) is 1.26. The molecule has 0 fully saturated rings. The van der Waals surface area contributed by atoms with Crippen LogP contribution in [0.1, 0.15) is 25.5 Å². The second kappa shape index (κ2) is 9.10. The van der Waals surface area contributed by atoms with Crippen LogP contribution in [0.2, 0.25) is 0 Å². The monoisotopic (exact) mass is 278 g/mol. The summed E-state index contributed by atoms with van der Waals surface area (Å²) in [6.45, 7) is 4.56. The maximum absolute atomic E-state index is 5.78. The lowest BCUT2D eigenvalue weighted by molar-refractivity contribution is 0.819. The molecule has 0 bridgehead atoms. The van der Waals surface area contributed by atoms with Crippen LogP contribution < -0.4 is 16.8 Å². The van der Waals surface area contributed by atoms with Crippen molar-refractivity contribution in [2.45, 2.75) is 19.9 Å². The van der Waals surface area contributed by atoms with Crippen LogP contribution in [0.4, 0.5) is 5.69 Å². The van der Waals surface area contributed by atoms with Crippen LogP contribution in [-0.2, 0) is 0 Å². The molecular formula is C11H20Cl2N4. The average Bonchev–Trinajstić information content (AvgIpc) is 2.18. The van der Waals surface area contributed by atoms with E-state index in [1.807, 2.05) is 38.1 Å². The molecule has 0 saturated carbocycles. The zero-order valence-electron chi connectivity index (χ0n) is 10.0. The Kier molecular flexibility index (Phi) is 9.85. The van der Waals surface area contributed by atoms with Gasteiger partial charge in [0, 0.05) is 18.3 Å². The van der Waals surface area contributed by atoms with Gasteiger partial charge in [-0.3, -0.25) is 4.99 Å². The molecule has 6 heteroatoms. The number of halogens is 2. The molecule has 17 heavy (non-hydrogen) atoms. The first-order valence-electron chi connectivity index (χ1n) is 5.06. The number of benzene rings is 1. The summed E-state index contributed by atoms with van der Waals surface area (Å²) in [5.41, 5.74) is 13.4. The molecule has 5 N–H and O–H groups in total. The highest BCUT2D eigenvalue weighted by molar-refractivity contribution is 5.92. The van der Waals surface area contributed by atoms with E-state index in [1.165, 1.54) is 0 Å². The van der Waals surface area contributed by atoms with Gasteiger partial charge in [-0.1, -0.05) is 12.1 Å². The zero-order chi connectivity index (χ0) is 11.3. The van der Waals surface area contributed by atoms with Crippen molar-refractivity contribution in [1.82, 2.24) is 0 Å². The number of rotatable bonds is 3. The lowest BCUT2D eigenvalue weighted by Crippen LogP contribution is -2.22. The van der Waals surface area contributed by atoms with E-state index in [2.05, 4.69) is 10.3 Å². The Labute approximate surface area is 115 Å². The van der Waals surface area contributed by atoms with Gasteiger partial charge in [-0.2, -0.15) is 0 Å². The topological polar surface area (TPSA) is 76.4 Å². The molecule has 1 aromatic rings. The summed E-state index contributed by atoms with van der Waals surface area (Å²) < 4.78 is 0. The minimum Gasteiger partial charge on any atom is -0.370 e. The predicted molar refractivity (Wildman–Crippen MR) is 79.3 cm³/mol. The van der Waals surface area contributed by atoms with Crippen molar-refractivity contribution in [3.63, 3.8) is 0 Å². The van der Waals surface area contributed by atoms with Crippen LogP contribution in [0, 0.1) is 0 Å². The van der Waals surface area contributed by atoms with Gasteiger partial charge in [-0.25, -0.2) is 0 Å². The molecule has 1 rings (SSSR count). The summed E-state index contributed by atoms with van der Waals surface area (Å²) >= 11 is 0. The van der Waals surface area contributed by atoms with Crippen LogP contribution in [0.15, 0.2) is 29.3 Å². The van der Waals surface area contributed by atoms with Gasteiger partial charge in [0.25, 0.3) is 0 Å². The third kappa shape index (κ3) is 6.36. The Morgan fingerprint density at radius 3 is 2.59 bits per heavy atom. The van der Waals surface area contributed by atoms with Gasteiger partial charge in [0.05, 0.1) is 0 Å². The second-order valence-corrected chi connectivity index (χ2v) is 3.40. The van der Waals surface area contributed by atoms with Crippen molar-refractivity contribution in [2.24, 2.45) is 16.5 Å². The van der Waals surface area contributed by atoms with Gasteiger partial charge < -0.3 is 16.8 Å². The molecule has 1 aromatic carbocycles. The third-order valence-corrected chi connectivity index (χ3v) is 2.01. The quantitative estimate of drug-likeness (QED) is 0.587. The van der Waals surface area contributed by atoms with Crippen LogP contribution in [-0.4, -0.2) is 12.5 Å². The lowest BCUT2D eigenvalue weighted by atomic mass is 10.1. The summed E-state index contributed by atoms with van der Waals surface area (Å²) in [7, 11) is 0. The van der Waals surface area contributed by atoms with E-state index in [0.29, 0.717) is 12.5 Å². The first-order valence-corrected chi connectivity index (χ1v) is 5.06. The highest BCUT2D eigenvalue weighted by atomic mass is 35.5. The number of guanidine groups is 1. The molecule has 0 amide bonds. The van der Waals surface area contributed by atoms with E-state index in [1.54, 1.807) is 0 Å². The smallest absolute Gasteiger partial charge is 0.193 e. The highest BCUT2D eigenvalue weighted by Gasteiger charge is 2.00. The fraction of sp³-hybridized carbons (Fsp3) is 0.364. The number of nitrogens with one attached hydrogen (secondary N) is 1. The summed E-state index contributed by atoms with van der Waals surface area (Å²) in [5.74, 6) is 0.430. The van der Waals surface area contributed by atoms with Crippen molar-refractivity contribution >= 4 is 36.5 Å². The Bertz CT molecular complexity index is 353. The van der Waals surface area contributed by atoms with E-state index in [0.717, 1.165) is 11.3 Å². The standard InChI is InChI=1S/C11H18N4.2ClH/c1-3-14-11(13)15-10-6-4-5-9(7-10)8(2)12;;/h4-8H,3,12H2,1-2H3,(H3,13,14,15);2*1H. The Hall–Kier alpha value is -0.970. The fourth-order valence-corrected chi connectivity index (χ4v) is 1.26. The first-order chi connectivity index (χ1) is 7.13. The number of nitrogens with zero attached hydrogens (tertiary/aromatic N) is 1. The molecule has 98 valence electrons. The minimum absolute atomic E-state index is 0. The van der Waals surface area contributed by atoms with Gasteiger partial charge >= 0.3 is 0 Å². The van der Waals surface area contributed by atoms with E-state index in [4.69, 9.17) is 11.5 Å². The van der Waals surface area contributed by atoms with E-state index in [-0.39, 0.29) is 30.9 Å². The molecule has 0 radical (unpaired) electrons. The summed E-state index contributed by atoms with van der Waals surface area (Å²) in [5, 5.41) is 3.01. The Morgan fingerprint density at radius 1 is 1.41 bits per heavy atom. The molecule has 0 saturated heterocycles. The van der Waals surface area contributed by atoms with Gasteiger partial charge in [0.2, 0.25) is 0 Å². The first kappa shape index (κ1) is 18.4. The average molecular weight is 279 g/mol. The second-order valence-electron chi connectivity index (χ2n) is 3.40. The molecule has 0 aliphatic carbocycles. The SMILES string of the molecule is CCN=C(N)Nc1cccc(C(C)N)c1.Cl.Cl. The predicted octanol–water partition coefficient (Wildman–Crippen LogP) is 2.30. The largest absolute Gasteiger partial charge is 0.370 e. The molecule has 0 aliphatic rings. The molecule has 0 spiro atoms. The number of aliphatic imine (C=N–C) groups is 1. The molecular weight excluding hydrogens is 259 g/mol. The maximum atomic E-state index is 5.78.